The van der Waals surface area contributed by atoms with Crippen LogP contribution < -0.4 is 5.32 Å². The molecule has 0 aliphatic heterocycles. The van der Waals surface area contributed by atoms with Crippen LogP contribution in [0.5, 0.6) is 0 Å². The Bertz CT molecular complexity index is 864. The zero-order valence-electron chi connectivity index (χ0n) is 12.4. The van der Waals surface area contributed by atoms with Crippen LogP contribution in [0.25, 0.3) is 11.0 Å². The average Bonchev–Trinajstić information content (AvgIpc) is 2.97. The van der Waals surface area contributed by atoms with Crippen LogP contribution >= 0.6 is 11.8 Å². The van der Waals surface area contributed by atoms with Crippen LogP contribution in [0.15, 0.2) is 53.7 Å². The molecule has 2 N–H and O–H groups in total. The van der Waals surface area contributed by atoms with Gasteiger partial charge in [-0.25, -0.2) is 4.98 Å². The summed E-state index contributed by atoms with van der Waals surface area (Å²) in [4.78, 5) is 20.0. The van der Waals surface area contributed by atoms with Gasteiger partial charge in [-0.05, 0) is 31.2 Å². The van der Waals surface area contributed by atoms with Crippen LogP contribution in [0.2, 0.25) is 0 Å². The van der Waals surface area contributed by atoms with Crippen LogP contribution in [-0.4, -0.2) is 21.1 Å². The molecule has 0 spiro atoms. The van der Waals surface area contributed by atoms with Gasteiger partial charge in [0.25, 0.3) is 0 Å². The van der Waals surface area contributed by atoms with Crippen LogP contribution in [0, 0.1) is 11.3 Å². The summed E-state index contributed by atoms with van der Waals surface area (Å²) < 4.78 is 0. The second-order valence-electron chi connectivity index (χ2n) is 4.97. The van der Waals surface area contributed by atoms with E-state index >= 15 is 0 Å². The Morgan fingerprint density at radius 1 is 1.26 bits per heavy atom. The lowest BCUT2D eigenvalue weighted by Crippen LogP contribution is -2.23. The third-order valence-electron chi connectivity index (χ3n) is 3.33. The first-order valence-electron chi connectivity index (χ1n) is 7.09. The van der Waals surface area contributed by atoms with Crippen molar-refractivity contribution in [2.75, 3.05) is 5.32 Å². The van der Waals surface area contributed by atoms with E-state index in [4.69, 9.17) is 5.26 Å². The minimum absolute atomic E-state index is 0.168. The van der Waals surface area contributed by atoms with E-state index in [-0.39, 0.29) is 11.2 Å². The SMILES string of the molecule is C[C@H](Sc1nc2ccccc2[nH]1)C(=O)Nc1ccccc1C#N. The number of aromatic nitrogens is 2. The van der Waals surface area contributed by atoms with Gasteiger partial charge in [0.05, 0.1) is 27.5 Å². The summed E-state index contributed by atoms with van der Waals surface area (Å²) in [5.41, 5.74) is 2.79. The van der Waals surface area contributed by atoms with Gasteiger partial charge in [-0.15, -0.1) is 0 Å². The first-order valence-corrected chi connectivity index (χ1v) is 7.97. The van der Waals surface area contributed by atoms with E-state index < -0.39 is 0 Å². The van der Waals surface area contributed by atoms with Gasteiger partial charge >= 0.3 is 0 Å². The molecule has 0 radical (unpaired) electrons. The molecule has 3 aromatic rings. The zero-order valence-corrected chi connectivity index (χ0v) is 13.2. The summed E-state index contributed by atoms with van der Waals surface area (Å²) in [7, 11) is 0. The van der Waals surface area contributed by atoms with Crippen molar-refractivity contribution in [3.63, 3.8) is 0 Å². The third kappa shape index (κ3) is 3.35. The molecular formula is C17H14N4OS. The average molecular weight is 322 g/mol. The zero-order chi connectivity index (χ0) is 16.2. The topological polar surface area (TPSA) is 81.6 Å². The number of carbonyl (C=O) groups excluding carboxylic acids is 1. The van der Waals surface area contributed by atoms with Gasteiger partial charge in [0, 0.05) is 0 Å². The van der Waals surface area contributed by atoms with Crippen LogP contribution in [0.3, 0.4) is 0 Å². The molecule has 23 heavy (non-hydrogen) atoms. The molecule has 1 atom stereocenters. The molecule has 3 rings (SSSR count). The normalized spacial score (nSPS) is 11.8. The number of thioether (sulfide) groups is 1. The van der Waals surface area contributed by atoms with Gasteiger partial charge in [-0.3, -0.25) is 4.79 Å². The summed E-state index contributed by atoms with van der Waals surface area (Å²) in [6.07, 6.45) is 0. The molecule has 0 saturated heterocycles. The smallest absolute Gasteiger partial charge is 0.237 e. The molecule has 0 aliphatic rings. The molecule has 0 unspecified atom stereocenters. The summed E-state index contributed by atoms with van der Waals surface area (Å²) in [6.45, 7) is 1.81. The fraction of sp³-hybridized carbons (Fsp3) is 0.118. The van der Waals surface area contributed by atoms with Crippen molar-refractivity contribution in [3.05, 3.63) is 54.1 Å². The number of H-pyrrole nitrogens is 1. The Labute approximate surface area is 137 Å². The maximum Gasteiger partial charge on any atom is 0.237 e. The fourth-order valence-electron chi connectivity index (χ4n) is 2.13. The molecular weight excluding hydrogens is 308 g/mol. The largest absolute Gasteiger partial charge is 0.333 e. The van der Waals surface area contributed by atoms with Gasteiger partial charge in [-0.2, -0.15) is 5.26 Å². The van der Waals surface area contributed by atoms with Crippen molar-refractivity contribution in [3.8, 4) is 6.07 Å². The van der Waals surface area contributed by atoms with Crippen molar-refractivity contribution in [2.24, 2.45) is 0 Å². The van der Waals surface area contributed by atoms with E-state index in [2.05, 4.69) is 21.4 Å². The number of para-hydroxylation sites is 3. The minimum atomic E-state index is -0.345. The number of nitrogens with zero attached hydrogens (tertiary/aromatic N) is 2. The number of hydrogen-bond acceptors (Lipinski definition) is 4. The maximum absolute atomic E-state index is 12.3. The van der Waals surface area contributed by atoms with Gasteiger partial charge < -0.3 is 10.3 Å². The Balaban J connectivity index is 1.71. The van der Waals surface area contributed by atoms with E-state index in [0.29, 0.717) is 16.4 Å². The molecule has 6 heteroatoms. The predicted octanol–water partition coefficient (Wildman–Crippen LogP) is 3.55. The number of aromatic amines is 1. The maximum atomic E-state index is 12.3. The first kappa shape index (κ1) is 15.1. The number of amides is 1. The quantitative estimate of drug-likeness (QED) is 0.720. The number of imidazole rings is 1. The monoisotopic (exact) mass is 322 g/mol. The minimum Gasteiger partial charge on any atom is -0.333 e. The number of anilines is 1. The molecule has 1 amide bonds. The lowest BCUT2D eigenvalue weighted by Gasteiger charge is -2.11. The van der Waals surface area contributed by atoms with Crippen LogP contribution in [0.4, 0.5) is 5.69 Å². The van der Waals surface area contributed by atoms with Crippen LogP contribution in [0.1, 0.15) is 12.5 Å². The van der Waals surface area contributed by atoms with E-state index in [0.717, 1.165) is 11.0 Å². The van der Waals surface area contributed by atoms with Crippen molar-refractivity contribution >= 4 is 34.4 Å². The standard InChI is InChI=1S/C17H14N4OS/c1-11(16(22)19-13-7-3-2-6-12(13)10-18)23-17-20-14-8-4-5-9-15(14)21-17/h2-9,11H,1H3,(H,19,22)(H,20,21)/t11-/m0/s1. The summed E-state index contributed by atoms with van der Waals surface area (Å²) in [5.74, 6) is -0.168. The number of nitrogens with one attached hydrogen (secondary N) is 2. The van der Waals surface area contributed by atoms with Crippen molar-refractivity contribution in [2.45, 2.75) is 17.3 Å². The molecule has 5 nitrogen and oxygen atoms in total. The number of fused-ring (bicyclic) bond motifs is 1. The second kappa shape index (κ2) is 6.55. The molecule has 114 valence electrons. The Morgan fingerprint density at radius 2 is 2.00 bits per heavy atom. The molecule has 0 bridgehead atoms. The van der Waals surface area contributed by atoms with Crippen molar-refractivity contribution in [1.29, 1.82) is 5.26 Å². The highest BCUT2D eigenvalue weighted by atomic mass is 32.2. The molecule has 1 aromatic heterocycles. The number of rotatable bonds is 4. The number of nitriles is 1. The summed E-state index contributed by atoms with van der Waals surface area (Å²) >= 11 is 1.35. The third-order valence-corrected chi connectivity index (χ3v) is 4.31. The number of carbonyl (C=O) groups is 1. The van der Waals surface area contributed by atoms with E-state index in [1.807, 2.05) is 31.2 Å². The Kier molecular flexibility index (Phi) is 4.31. The first-order chi connectivity index (χ1) is 11.2. The lowest BCUT2D eigenvalue weighted by molar-refractivity contribution is -0.115. The molecule has 1 heterocycles. The molecule has 0 fully saturated rings. The van der Waals surface area contributed by atoms with Crippen molar-refractivity contribution in [1.82, 2.24) is 9.97 Å². The summed E-state index contributed by atoms with van der Waals surface area (Å²) in [6, 6.07) is 16.7. The Morgan fingerprint density at radius 3 is 2.78 bits per heavy atom. The van der Waals surface area contributed by atoms with E-state index in [9.17, 15) is 4.79 Å². The Hall–Kier alpha value is -2.78. The van der Waals surface area contributed by atoms with Crippen LogP contribution in [-0.2, 0) is 4.79 Å². The van der Waals surface area contributed by atoms with Crippen molar-refractivity contribution < 1.29 is 4.79 Å². The van der Waals surface area contributed by atoms with Gasteiger partial charge in [0.15, 0.2) is 5.16 Å². The van der Waals surface area contributed by atoms with E-state index in [1.54, 1.807) is 24.3 Å². The fourth-order valence-corrected chi connectivity index (χ4v) is 2.95. The lowest BCUT2D eigenvalue weighted by atomic mass is 10.2. The highest BCUT2D eigenvalue weighted by Crippen LogP contribution is 2.24. The van der Waals surface area contributed by atoms with Gasteiger partial charge in [0.2, 0.25) is 5.91 Å². The molecule has 2 aromatic carbocycles. The predicted molar refractivity (Wildman–Crippen MR) is 91.2 cm³/mol. The molecule has 0 saturated carbocycles. The summed E-state index contributed by atoms with van der Waals surface area (Å²) in [5, 5.41) is 12.2. The highest BCUT2D eigenvalue weighted by Gasteiger charge is 2.17. The second-order valence-corrected chi connectivity index (χ2v) is 6.30. The van der Waals surface area contributed by atoms with Gasteiger partial charge in [0.1, 0.15) is 6.07 Å². The number of benzene rings is 2. The van der Waals surface area contributed by atoms with Gasteiger partial charge in [-0.1, -0.05) is 36.0 Å². The van der Waals surface area contributed by atoms with E-state index in [1.165, 1.54) is 11.8 Å². The number of hydrogen-bond donors (Lipinski definition) is 2. The highest BCUT2D eigenvalue weighted by molar-refractivity contribution is 8.00. The molecule has 0 aliphatic carbocycles.